The van der Waals surface area contributed by atoms with E-state index in [0.717, 1.165) is 44.9 Å². The molecule has 0 bridgehead atoms. The number of nitrogens with one attached hydrogen (secondary N) is 1. The number of aliphatic hydroxyl groups excluding tert-OH is 2. The third kappa shape index (κ3) is 67.7. The third-order valence-electron chi connectivity index (χ3n) is 18.1. The fourth-order valence-corrected chi connectivity index (χ4v) is 12.3. The van der Waals surface area contributed by atoms with E-state index >= 15 is 0 Å². The van der Waals surface area contributed by atoms with E-state index in [1.54, 1.807) is 0 Å². The second-order valence-electron chi connectivity index (χ2n) is 26.3. The highest BCUT2D eigenvalue weighted by Gasteiger charge is 2.20. The van der Waals surface area contributed by atoms with E-state index in [0.29, 0.717) is 25.9 Å². The predicted octanol–water partition coefficient (Wildman–Crippen LogP) is 24.7. The SMILES string of the molecule is CCCCCCCC/C=C\CCCCCCCCCC(=O)OCCCCCCCCCCCCCCCCCCCCCCCCCCCCCCCCC(=O)NC(CO)C(O)CCCCCCCCCCCCCCCCCCCC. The number of hydrogen-bond acceptors (Lipinski definition) is 5. The minimum absolute atomic E-state index is 0.0180. The van der Waals surface area contributed by atoms with Crippen LogP contribution in [-0.4, -0.2) is 47.4 Å². The highest BCUT2D eigenvalue weighted by atomic mass is 16.5. The number of carbonyl (C=O) groups is 2. The Labute approximate surface area is 514 Å². The van der Waals surface area contributed by atoms with Crippen LogP contribution >= 0.6 is 0 Å². The molecule has 0 spiro atoms. The average Bonchev–Trinajstić information content (AvgIpc) is 3.48. The minimum Gasteiger partial charge on any atom is -0.466 e. The van der Waals surface area contributed by atoms with Crippen LogP contribution in [-0.2, 0) is 14.3 Å². The Kier molecular flexibility index (Phi) is 70.8. The molecule has 0 saturated carbocycles. The summed E-state index contributed by atoms with van der Waals surface area (Å²) < 4.78 is 5.51. The van der Waals surface area contributed by atoms with Crippen LogP contribution in [0.3, 0.4) is 0 Å². The second-order valence-corrected chi connectivity index (χ2v) is 26.3. The van der Waals surface area contributed by atoms with Gasteiger partial charge in [0.15, 0.2) is 0 Å². The number of esters is 1. The van der Waals surface area contributed by atoms with Crippen molar-refractivity contribution in [1.82, 2.24) is 5.32 Å². The van der Waals surface area contributed by atoms with Crippen LogP contribution in [0.4, 0.5) is 0 Å². The number of unbranched alkanes of at least 4 members (excludes halogenated alkanes) is 59. The Balaban J connectivity index is 3.32. The number of rotatable bonds is 72. The van der Waals surface area contributed by atoms with Gasteiger partial charge in [0.25, 0.3) is 0 Å². The number of hydrogen-bond donors (Lipinski definition) is 3. The van der Waals surface area contributed by atoms with Crippen molar-refractivity contribution < 1.29 is 24.5 Å². The lowest BCUT2D eigenvalue weighted by atomic mass is 10.0. The third-order valence-corrected chi connectivity index (χ3v) is 18.1. The zero-order valence-electron chi connectivity index (χ0n) is 56.0. The molecule has 0 saturated heterocycles. The van der Waals surface area contributed by atoms with Gasteiger partial charge in [-0.05, 0) is 51.4 Å². The molecule has 0 aliphatic rings. The zero-order valence-corrected chi connectivity index (χ0v) is 56.0. The van der Waals surface area contributed by atoms with E-state index in [1.165, 1.54) is 360 Å². The van der Waals surface area contributed by atoms with Gasteiger partial charge in [-0.2, -0.15) is 0 Å². The molecule has 6 heteroatoms. The largest absolute Gasteiger partial charge is 0.466 e. The minimum atomic E-state index is -0.661. The normalized spacial score (nSPS) is 12.5. The molecular formula is C76H149NO5. The molecule has 2 atom stereocenters. The average molecular weight is 1160 g/mol. The van der Waals surface area contributed by atoms with E-state index in [9.17, 15) is 19.8 Å². The molecule has 0 rings (SSSR count). The summed E-state index contributed by atoms with van der Waals surface area (Å²) in [4.78, 5) is 24.6. The molecule has 0 aromatic heterocycles. The molecule has 0 radical (unpaired) electrons. The quantitative estimate of drug-likeness (QED) is 0.0320. The van der Waals surface area contributed by atoms with Crippen LogP contribution in [0.15, 0.2) is 12.2 Å². The molecule has 0 aromatic carbocycles. The van der Waals surface area contributed by atoms with Crippen molar-refractivity contribution in [2.24, 2.45) is 0 Å². The Morgan fingerprint density at radius 3 is 0.866 bits per heavy atom. The van der Waals surface area contributed by atoms with Crippen LogP contribution in [0.25, 0.3) is 0 Å². The first-order valence-electron chi connectivity index (χ1n) is 37.9. The summed E-state index contributed by atoms with van der Waals surface area (Å²) >= 11 is 0. The van der Waals surface area contributed by atoms with Gasteiger partial charge in [-0.3, -0.25) is 9.59 Å². The number of allylic oxidation sites excluding steroid dienone is 2. The van der Waals surface area contributed by atoms with Crippen molar-refractivity contribution in [2.45, 2.75) is 450 Å². The van der Waals surface area contributed by atoms with Crippen molar-refractivity contribution in [2.75, 3.05) is 13.2 Å². The molecule has 2 unspecified atom stereocenters. The lowest BCUT2D eigenvalue weighted by Crippen LogP contribution is -2.45. The molecule has 82 heavy (non-hydrogen) atoms. The maximum atomic E-state index is 12.5. The Morgan fingerprint density at radius 2 is 0.573 bits per heavy atom. The summed E-state index contributed by atoms with van der Waals surface area (Å²) in [6.07, 6.45) is 90.0. The highest BCUT2D eigenvalue weighted by Crippen LogP contribution is 2.20. The summed E-state index contributed by atoms with van der Waals surface area (Å²) in [5.41, 5.74) is 0. The molecule has 1 amide bonds. The monoisotopic (exact) mass is 1160 g/mol. The van der Waals surface area contributed by atoms with E-state index < -0.39 is 12.1 Å². The topological polar surface area (TPSA) is 95.9 Å². The standard InChI is InChI=1S/C76H149NO5/c1-3-5-7-9-11-13-15-17-19-21-37-40-44-48-52-56-60-64-68-74(79)73(72-78)77-75(80)69-65-61-57-53-49-45-41-38-34-32-30-28-26-24-22-23-25-27-29-31-33-35-39-43-47-51-55-59-63-67-71-82-76(81)70-66-62-58-54-50-46-42-36-20-18-16-14-12-10-8-6-4-2/h18,20,73-74,78-79H,3-17,19,21-72H2,1-2H3,(H,77,80)/b20-18-. The molecule has 488 valence electrons. The van der Waals surface area contributed by atoms with Crippen molar-refractivity contribution in [3.8, 4) is 0 Å². The van der Waals surface area contributed by atoms with Gasteiger partial charge in [-0.25, -0.2) is 0 Å². The summed E-state index contributed by atoms with van der Waals surface area (Å²) in [5.74, 6) is -0.00840. The molecule has 0 aliphatic carbocycles. The molecule has 3 N–H and O–H groups in total. The highest BCUT2D eigenvalue weighted by molar-refractivity contribution is 5.76. The van der Waals surface area contributed by atoms with Gasteiger partial charge in [-0.1, -0.05) is 386 Å². The van der Waals surface area contributed by atoms with E-state index in [1.807, 2.05) is 0 Å². The van der Waals surface area contributed by atoms with E-state index in [2.05, 4.69) is 31.3 Å². The first-order valence-corrected chi connectivity index (χ1v) is 37.9. The van der Waals surface area contributed by atoms with Crippen LogP contribution in [0.2, 0.25) is 0 Å². The lowest BCUT2D eigenvalue weighted by molar-refractivity contribution is -0.143. The number of amides is 1. The molecule has 0 aliphatic heterocycles. The first kappa shape index (κ1) is 80.6. The Bertz CT molecular complexity index is 1240. The van der Waals surface area contributed by atoms with E-state index in [4.69, 9.17) is 4.74 Å². The zero-order chi connectivity index (χ0) is 59.2. The summed E-state index contributed by atoms with van der Waals surface area (Å²) in [6.45, 7) is 5.00. The Morgan fingerprint density at radius 1 is 0.329 bits per heavy atom. The van der Waals surface area contributed by atoms with Crippen LogP contribution < -0.4 is 5.32 Å². The lowest BCUT2D eigenvalue weighted by Gasteiger charge is -2.22. The van der Waals surface area contributed by atoms with Crippen molar-refractivity contribution >= 4 is 11.9 Å². The van der Waals surface area contributed by atoms with Gasteiger partial charge in [0.2, 0.25) is 5.91 Å². The van der Waals surface area contributed by atoms with Crippen LogP contribution in [0.5, 0.6) is 0 Å². The van der Waals surface area contributed by atoms with Gasteiger partial charge in [0.1, 0.15) is 0 Å². The second kappa shape index (κ2) is 72.1. The molecule has 0 heterocycles. The van der Waals surface area contributed by atoms with Gasteiger partial charge in [0, 0.05) is 12.8 Å². The fourth-order valence-electron chi connectivity index (χ4n) is 12.3. The number of carbonyl (C=O) groups excluding carboxylic acids is 2. The van der Waals surface area contributed by atoms with Crippen molar-refractivity contribution in [1.29, 1.82) is 0 Å². The van der Waals surface area contributed by atoms with E-state index in [-0.39, 0.29) is 18.5 Å². The van der Waals surface area contributed by atoms with Gasteiger partial charge >= 0.3 is 5.97 Å². The Hall–Kier alpha value is -1.40. The maximum absolute atomic E-state index is 12.5. The first-order chi connectivity index (χ1) is 40.5. The van der Waals surface area contributed by atoms with Crippen LogP contribution in [0.1, 0.15) is 438 Å². The number of ether oxygens (including phenoxy) is 1. The fraction of sp³-hybridized carbons (Fsp3) is 0.947. The summed E-state index contributed by atoms with van der Waals surface area (Å²) in [6, 6.07) is -0.538. The summed E-state index contributed by atoms with van der Waals surface area (Å²) in [5, 5.41) is 23.4. The summed E-state index contributed by atoms with van der Waals surface area (Å²) in [7, 11) is 0. The van der Waals surface area contributed by atoms with Gasteiger partial charge < -0.3 is 20.3 Å². The predicted molar refractivity (Wildman–Crippen MR) is 361 cm³/mol. The van der Waals surface area contributed by atoms with Crippen molar-refractivity contribution in [3.63, 3.8) is 0 Å². The number of aliphatic hydroxyl groups is 2. The van der Waals surface area contributed by atoms with Gasteiger partial charge in [-0.15, -0.1) is 0 Å². The van der Waals surface area contributed by atoms with Crippen LogP contribution in [0, 0.1) is 0 Å². The maximum Gasteiger partial charge on any atom is 0.305 e. The molecule has 0 fully saturated rings. The molecule has 0 aromatic rings. The molecular weight excluding hydrogens is 1010 g/mol. The smallest absolute Gasteiger partial charge is 0.305 e. The van der Waals surface area contributed by atoms with Gasteiger partial charge in [0.05, 0.1) is 25.4 Å². The molecule has 6 nitrogen and oxygen atoms in total. The van der Waals surface area contributed by atoms with Crippen molar-refractivity contribution in [3.05, 3.63) is 12.2 Å².